The summed E-state index contributed by atoms with van der Waals surface area (Å²) in [5, 5.41) is 0. The molecule has 1 N–H and O–H groups in total. The molecule has 1 aliphatic heterocycles. The van der Waals surface area contributed by atoms with E-state index < -0.39 is 10.0 Å². The molecule has 23 heavy (non-hydrogen) atoms. The molecule has 0 bridgehead atoms. The molecule has 1 unspecified atom stereocenters. The summed E-state index contributed by atoms with van der Waals surface area (Å²) in [5.74, 6) is 1.28. The SMILES string of the molecule is Cc1nc(N2CCCC(NS(C)(=O)=O)C2)nc(C)c1CC(C)C. The Labute approximate surface area is 139 Å². The Balaban J connectivity index is 2.18. The van der Waals surface area contributed by atoms with Gasteiger partial charge < -0.3 is 4.90 Å². The number of piperidine rings is 1. The molecule has 1 aromatic rings. The molecular weight excluding hydrogens is 312 g/mol. The molecule has 0 amide bonds. The Kier molecular flexibility index (Phi) is 5.62. The van der Waals surface area contributed by atoms with Crippen molar-refractivity contribution in [3.8, 4) is 0 Å². The fourth-order valence-corrected chi connectivity index (χ4v) is 3.92. The Hall–Kier alpha value is -1.21. The van der Waals surface area contributed by atoms with Crippen molar-refractivity contribution >= 4 is 16.0 Å². The van der Waals surface area contributed by atoms with Crippen molar-refractivity contribution in [2.24, 2.45) is 5.92 Å². The lowest BCUT2D eigenvalue weighted by Gasteiger charge is -2.33. The van der Waals surface area contributed by atoms with Crippen LogP contribution in [0.5, 0.6) is 0 Å². The largest absolute Gasteiger partial charge is 0.339 e. The Morgan fingerprint density at radius 2 is 1.87 bits per heavy atom. The molecule has 1 fully saturated rings. The normalized spacial score (nSPS) is 19.4. The van der Waals surface area contributed by atoms with E-state index in [4.69, 9.17) is 0 Å². The number of anilines is 1. The highest BCUT2D eigenvalue weighted by Crippen LogP contribution is 2.21. The molecule has 0 saturated carbocycles. The van der Waals surface area contributed by atoms with Gasteiger partial charge in [0.2, 0.25) is 16.0 Å². The summed E-state index contributed by atoms with van der Waals surface area (Å²) in [6.45, 7) is 9.94. The number of hydrogen-bond acceptors (Lipinski definition) is 5. The highest BCUT2D eigenvalue weighted by Gasteiger charge is 2.24. The van der Waals surface area contributed by atoms with Gasteiger partial charge in [0, 0.05) is 30.5 Å². The van der Waals surface area contributed by atoms with Gasteiger partial charge in [0.05, 0.1) is 6.26 Å². The van der Waals surface area contributed by atoms with Gasteiger partial charge in [0.15, 0.2) is 0 Å². The maximum atomic E-state index is 11.4. The predicted octanol–water partition coefficient (Wildman–Crippen LogP) is 1.81. The molecule has 1 saturated heterocycles. The molecule has 0 aromatic carbocycles. The summed E-state index contributed by atoms with van der Waals surface area (Å²) < 4.78 is 25.6. The van der Waals surface area contributed by atoms with E-state index in [1.54, 1.807) is 0 Å². The van der Waals surface area contributed by atoms with Crippen LogP contribution >= 0.6 is 0 Å². The van der Waals surface area contributed by atoms with Crippen LogP contribution in [0.4, 0.5) is 5.95 Å². The summed E-state index contributed by atoms with van der Waals surface area (Å²) in [6, 6.07) is -0.0710. The van der Waals surface area contributed by atoms with E-state index in [0.29, 0.717) is 18.4 Å². The number of rotatable bonds is 5. The summed E-state index contributed by atoms with van der Waals surface area (Å²) in [7, 11) is -3.18. The quantitative estimate of drug-likeness (QED) is 0.885. The van der Waals surface area contributed by atoms with Crippen LogP contribution in [0.1, 0.15) is 43.6 Å². The van der Waals surface area contributed by atoms with Crippen LogP contribution in [-0.2, 0) is 16.4 Å². The minimum atomic E-state index is -3.18. The average Bonchev–Trinajstić information content (AvgIpc) is 2.41. The van der Waals surface area contributed by atoms with Crippen molar-refractivity contribution in [1.29, 1.82) is 0 Å². The maximum absolute atomic E-state index is 11.4. The zero-order valence-electron chi connectivity index (χ0n) is 14.8. The minimum absolute atomic E-state index is 0.0710. The van der Waals surface area contributed by atoms with Gasteiger partial charge in [-0.15, -0.1) is 0 Å². The first-order valence-electron chi connectivity index (χ1n) is 8.22. The summed E-state index contributed by atoms with van der Waals surface area (Å²) in [4.78, 5) is 11.4. The second-order valence-electron chi connectivity index (χ2n) is 6.95. The van der Waals surface area contributed by atoms with Crippen molar-refractivity contribution in [3.63, 3.8) is 0 Å². The van der Waals surface area contributed by atoms with Crippen LogP contribution in [0.2, 0.25) is 0 Å². The summed E-state index contributed by atoms with van der Waals surface area (Å²) in [6.07, 6.45) is 3.98. The molecule has 2 rings (SSSR count). The van der Waals surface area contributed by atoms with E-state index in [9.17, 15) is 8.42 Å². The smallest absolute Gasteiger partial charge is 0.225 e. The molecular formula is C16H28N4O2S. The van der Waals surface area contributed by atoms with E-state index in [1.165, 1.54) is 11.8 Å². The van der Waals surface area contributed by atoms with Gasteiger partial charge in [-0.1, -0.05) is 13.8 Å². The van der Waals surface area contributed by atoms with Crippen LogP contribution in [0.25, 0.3) is 0 Å². The van der Waals surface area contributed by atoms with Crippen molar-refractivity contribution in [2.75, 3.05) is 24.2 Å². The lowest BCUT2D eigenvalue weighted by Crippen LogP contribution is -2.48. The summed E-state index contributed by atoms with van der Waals surface area (Å²) in [5.41, 5.74) is 3.28. The fourth-order valence-electron chi connectivity index (χ4n) is 3.12. The number of nitrogens with zero attached hydrogens (tertiary/aromatic N) is 3. The van der Waals surface area contributed by atoms with E-state index in [2.05, 4.69) is 33.4 Å². The third-order valence-electron chi connectivity index (χ3n) is 4.11. The third-order valence-corrected chi connectivity index (χ3v) is 4.87. The third kappa shape index (κ3) is 5.14. The number of sulfonamides is 1. The van der Waals surface area contributed by atoms with Crippen molar-refractivity contribution in [1.82, 2.24) is 14.7 Å². The summed E-state index contributed by atoms with van der Waals surface area (Å²) >= 11 is 0. The minimum Gasteiger partial charge on any atom is -0.339 e. The zero-order valence-corrected chi connectivity index (χ0v) is 15.6. The monoisotopic (exact) mass is 340 g/mol. The molecule has 2 heterocycles. The average molecular weight is 340 g/mol. The van der Waals surface area contributed by atoms with E-state index in [-0.39, 0.29) is 6.04 Å². The van der Waals surface area contributed by atoms with Gasteiger partial charge in [-0.3, -0.25) is 0 Å². The first-order chi connectivity index (χ1) is 10.7. The predicted molar refractivity (Wildman–Crippen MR) is 93.3 cm³/mol. The lowest BCUT2D eigenvalue weighted by molar-refractivity contribution is 0.462. The standard InChI is InChI=1S/C16H28N4O2S/c1-11(2)9-15-12(3)17-16(18-13(15)4)20-8-6-7-14(10-20)19-23(5,21)22/h11,14,19H,6-10H2,1-5H3. The molecule has 1 atom stereocenters. The van der Waals surface area contributed by atoms with Crippen molar-refractivity contribution in [3.05, 3.63) is 17.0 Å². The van der Waals surface area contributed by atoms with Crippen LogP contribution in [0, 0.1) is 19.8 Å². The first kappa shape index (κ1) is 18.1. The van der Waals surface area contributed by atoms with Crippen molar-refractivity contribution < 1.29 is 8.42 Å². The molecule has 0 aliphatic carbocycles. The lowest BCUT2D eigenvalue weighted by atomic mass is 10.0. The van der Waals surface area contributed by atoms with Crippen LogP contribution in [0.3, 0.4) is 0 Å². The van der Waals surface area contributed by atoms with Crippen molar-refractivity contribution in [2.45, 2.75) is 53.0 Å². The van der Waals surface area contributed by atoms with Gasteiger partial charge >= 0.3 is 0 Å². The van der Waals surface area contributed by atoms with Gasteiger partial charge in [-0.2, -0.15) is 0 Å². The molecule has 1 aromatic heterocycles. The van der Waals surface area contributed by atoms with Gasteiger partial charge in [-0.05, 0) is 44.6 Å². The number of hydrogen-bond donors (Lipinski definition) is 1. The molecule has 0 spiro atoms. The number of aryl methyl sites for hydroxylation is 2. The second kappa shape index (κ2) is 7.13. The highest BCUT2D eigenvalue weighted by atomic mass is 32.2. The Morgan fingerprint density at radius 1 is 1.26 bits per heavy atom. The molecule has 1 aliphatic rings. The Morgan fingerprint density at radius 3 is 2.39 bits per heavy atom. The van der Waals surface area contributed by atoms with E-state index in [0.717, 1.165) is 37.2 Å². The van der Waals surface area contributed by atoms with Gasteiger partial charge in [0.1, 0.15) is 0 Å². The number of nitrogens with one attached hydrogen (secondary N) is 1. The van der Waals surface area contributed by atoms with E-state index >= 15 is 0 Å². The Bertz CT molecular complexity index is 635. The highest BCUT2D eigenvalue weighted by molar-refractivity contribution is 7.88. The topological polar surface area (TPSA) is 75.2 Å². The zero-order chi connectivity index (χ0) is 17.2. The maximum Gasteiger partial charge on any atom is 0.225 e. The van der Waals surface area contributed by atoms with Gasteiger partial charge in [-0.25, -0.2) is 23.1 Å². The molecule has 6 nitrogen and oxygen atoms in total. The van der Waals surface area contributed by atoms with Gasteiger partial charge in [0.25, 0.3) is 0 Å². The van der Waals surface area contributed by atoms with Crippen LogP contribution in [-0.4, -0.2) is 43.8 Å². The van der Waals surface area contributed by atoms with E-state index in [1.807, 2.05) is 13.8 Å². The molecule has 7 heteroatoms. The van der Waals surface area contributed by atoms with Crippen LogP contribution in [0.15, 0.2) is 0 Å². The number of aromatic nitrogens is 2. The van der Waals surface area contributed by atoms with Crippen LogP contribution < -0.4 is 9.62 Å². The molecule has 0 radical (unpaired) electrons. The first-order valence-corrected chi connectivity index (χ1v) is 10.1. The second-order valence-corrected chi connectivity index (χ2v) is 8.73. The molecule has 130 valence electrons. The fraction of sp³-hybridized carbons (Fsp3) is 0.750.